The van der Waals surface area contributed by atoms with Crippen LogP contribution >= 0.6 is 0 Å². The van der Waals surface area contributed by atoms with Crippen LogP contribution in [0, 0.1) is 11.8 Å². The molecule has 40 heavy (non-hydrogen) atoms. The maximum Gasteiger partial charge on any atom is 0.283 e. The number of nitrogens with two attached hydrogens (primary N) is 2. The number of carbonyl (C=O) groups is 1. The second kappa shape index (κ2) is 12.3. The van der Waals surface area contributed by atoms with E-state index in [9.17, 15) is 9.59 Å². The number of nitrogen functional groups attached to an aromatic ring is 1. The molecule has 12 nitrogen and oxygen atoms in total. The molecule has 0 radical (unpaired) electrons. The van der Waals surface area contributed by atoms with Crippen LogP contribution in [0.15, 0.2) is 78.1 Å². The molecular formula is C28H28N10O2. The fraction of sp³-hybridized carbons (Fsp3) is 0.143. The Balaban J connectivity index is 0.000000220. The third-order valence-electron chi connectivity index (χ3n) is 5.70. The molecule has 5 heterocycles. The Bertz CT molecular complexity index is 1880. The summed E-state index contributed by atoms with van der Waals surface area (Å²) in [6, 6.07) is 14.9. The van der Waals surface area contributed by atoms with Gasteiger partial charge in [0.25, 0.3) is 5.56 Å². The van der Waals surface area contributed by atoms with Crippen molar-refractivity contribution in [1.82, 2.24) is 38.6 Å². The van der Waals surface area contributed by atoms with E-state index >= 15 is 0 Å². The Kier molecular flexibility index (Phi) is 8.48. The summed E-state index contributed by atoms with van der Waals surface area (Å²) in [6.45, 7) is 1.98. The second-order valence-electron chi connectivity index (χ2n) is 8.20. The Morgan fingerprint density at radius 3 is 2.38 bits per heavy atom. The number of anilines is 1. The minimum absolute atomic E-state index is 0.127. The molecule has 0 aliphatic carbocycles. The van der Waals surface area contributed by atoms with Gasteiger partial charge in [-0.2, -0.15) is 10.2 Å². The molecule has 12 heteroatoms. The third-order valence-corrected chi connectivity index (χ3v) is 5.70. The van der Waals surface area contributed by atoms with Crippen molar-refractivity contribution in [1.29, 1.82) is 0 Å². The zero-order valence-corrected chi connectivity index (χ0v) is 22.3. The quantitative estimate of drug-likeness (QED) is 0.256. The van der Waals surface area contributed by atoms with Crippen LogP contribution < -0.4 is 17.0 Å². The van der Waals surface area contributed by atoms with Crippen molar-refractivity contribution in [2.45, 2.75) is 13.3 Å². The van der Waals surface area contributed by atoms with Crippen LogP contribution in [0.25, 0.3) is 16.9 Å². The standard InChI is InChI=1S/C20H17N5O.C7H6N4O.CH5N/c1-3-18-22-24-14-11-15(9-10-16-12-13-23(2)21-16)19(24)20(26)25(18)17-7-5-4-6-8-17;8-6-5(4-12)7-9-2-1-3-11(7)10-6;1-2/h4-8,11-14H,3H2,1-2H3;1-4H,(H2,8,10);2H2,1H3. The molecule has 0 saturated heterocycles. The van der Waals surface area contributed by atoms with Crippen LogP contribution in [0.2, 0.25) is 0 Å². The molecule has 1 aromatic carbocycles. The molecule has 0 atom stereocenters. The van der Waals surface area contributed by atoms with Crippen LogP contribution in [0.1, 0.15) is 34.4 Å². The first-order valence-corrected chi connectivity index (χ1v) is 12.3. The van der Waals surface area contributed by atoms with Crippen LogP contribution in [0.4, 0.5) is 5.82 Å². The van der Waals surface area contributed by atoms with E-state index in [4.69, 9.17) is 5.73 Å². The first kappa shape index (κ1) is 27.5. The highest BCUT2D eigenvalue weighted by molar-refractivity contribution is 5.90. The van der Waals surface area contributed by atoms with Gasteiger partial charge in [-0.25, -0.2) is 14.0 Å². The molecule has 0 aliphatic heterocycles. The number of carbonyl (C=O) groups excluding carboxylic acids is 1. The summed E-state index contributed by atoms with van der Waals surface area (Å²) in [4.78, 5) is 27.7. The number of benzene rings is 1. The van der Waals surface area contributed by atoms with E-state index < -0.39 is 0 Å². The van der Waals surface area contributed by atoms with Gasteiger partial charge in [-0.3, -0.25) is 18.8 Å². The predicted molar refractivity (Wildman–Crippen MR) is 152 cm³/mol. The third kappa shape index (κ3) is 5.50. The number of aryl methyl sites for hydroxylation is 2. The molecule has 202 valence electrons. The van der Waals surface area contributed by atoms with Gasteiger partial charge in [0, 0.05) is 38.3 Å². The average molecular weight is 537 g/mol. The summed E-state index contributed by atoms with van der Waals surface area (Å²) in [5, 5.41) is 12.7. The number of rotatable bonds is 3. The summed E-state index contributed by atoms with van der Waals surface area (Å²) >= 11 is 0. The molecule has 0 aliphatic rings. The number of aromatic nitrogens is 8. The SMILES string of the molecule is CCc1nn2ccc(C#Cc3ccn(C)n3)c2c(=O)n1-c1ccccc1.CN.Nc1nn2cccnc2c1C=O. The summed E-state index contributed by atoms with van der Waals surface area (Å²) in [6.07, 6.45) is 8.18. The number of para-hydroxylation sites is 1. The van der Waals surface area contributed by atoms with Crippen LogP contribution in [0.5, 0.6) is 0 Å². The number of hydrogen-bond acceptors (Lipinski definition) is 8. The van der Waals surface area contributed by atoms with Crippen LogP contribution in [-0.2, 0) is 13.5 Å². The Labute approximate surface area is 229 Å². The lowest BCUT2D eigenvalue weighted by Gasteiger charge is -2.11. The van der Waals surface area contributed by atoms with Gasteiger partial charge in [0.2, 0.25) is 0 Å². The van der Waals surface area contributed by atoms with Gasteiger partial charge < -0.3 is 11.5 Å². The number of hydrogen-bond donors (Lipinski definition) is 2. The van der Waals surface area contributed by atoms with Gasteiger partial charge in [-0.1, -0.05) is 31.0 Å². The summed E-state index contributed by atoms with van der Waals surface area (Å²) in [5.41, 5.74) is 13.2. The first-order valence-electron chi connectivity index (χ1n) is 12.3. The highest BCUT2D eigenvalue weighted by Gasteiger charge is 2.14. The van der Waals surface area contributed by atoms with E-state index in [1.165, 1.54) is 11.6 Å². The van der Waals surface area contributed by atoms with Crippen molar-refractivity contribution in [3.05, 3.63) is 106 Å². The van der Waals surface area contributed by atoms with E-state index in [0.29, 0.717) is 46.5 Å². The molecular weight excluding hydrogens is 508 g/mol. The zero-order chi connectivity index (χ0) is 28.6. The molecule has 0 amide bonds. The smallest absolute Gasteiger partial charge is 0.283 e. The van der Waals surface area contributed by atoms with Gasteiger partial charge in [-0.05, 0) is 43.3 Å². The average Bonchev–Trinajstić information content (AvgIpc) is 3.69. The van der Waals surface area contributed by atoms with Crippen molar-refractivity contribution >= 4 is 23.3 Å². The van der Waals surface area contributed by atoms with Crippen molar-refractivity contribution in [3.8, 4) is 17.5 Å². The Morgan fingerprint density at radius 2 is 1.70 bits per heavy atom. The van der Waals surface area contributed by atoms with Crippen molar-refractivity contribution in [2.24, 2.45) is 12.8 Å². The summed E-state index contributed by atoms with van der Waals surface area (Å²) in [5.74, 6) is 6.97. The lowest BCUT2D eigenvalue weighted by Crippen LogP contribution is -2.26. The Hall–Kier alpha value is -5.54. The molecule has 4 N–H and O–H groups in total. The fourth-order valence-corrected chi connectivity index (χ4v) is 3.93. The van der Waals surface area contributed by atoms with E-state index in [2.05, 4.69) is 37.9 Å². The molecule has 0 unspecified atom stereocenters. The number of fused-ring (bicyclic) bond motifs is 2. The molecule has 0 spiro atoms. The number of aldehydes is 1. The van der Waals surface area contributed by atoms with E-state index in [1.807, 2.05) is 62.6 Å². The molecule has 0 fully saturated rings. The van der Waals surface area contributed by atoms with E-state index in [0.717, 1.165) is 5.69 Å². The molecule has 0 saturated carbocycles. The fourth-order valence-electron chi connectivity index (χ4n) is 3.93. The minimum Gasteiger partial charge on any atom is -0.382 e. The molecule has 6 aromatic rings. The second-order valence-corrected chi connectivity index (χ2v) is 8.20. The van der Waals surface area contributed by atoms with Gasteiger partial charge >= 0.3 is 0 Å². The highest BCUT2D eigenvalue weighted by atomic mass is 16.1. The van der Waals surface area contributed by atoms with Gasteiger partial charge in [0.15, 0.2) is 17.8 Å². The molecule has 6 rings (SSSR count). The molecule has 0 bridgehead atoms. The van der Waals surface area contributed by atoms with Crippen molar-refractivity contribution in [2.75, 3.05) is 12.8 Å². The maximum atomic E-state index is 13.2. The summed E-state index contributed by atoms with van der Waals surface area (Å²) < 4.78 is 6.43. The largest absolute Gasteiger partial charge is 0.382 e. The topological polar surface area (TPSA) is 156 Å². The highest BCUT2D eigenvalue weighted by Crippen LogP contribution is 2.13. The van der Waals surface area contributed by atoms with Gasteiger partial charge in [-0.15, -0.1) is 5.10 Å². The predicted octanol–water partition coefficient (Wildman–Crippen LogP) is 1.88. The first-order chi connectivity index (χ1) is 19.5. The normalized spacial score (nSPS) is 10.2. The van der Waals surface area contributed by atoms with E-state index in [-0.39, 0.29) is 11.4 Å². The number of nitrogens with zero attached hydrogens (tertiary/aromatic N) is 8. The lowest BCUT2D eigenvalue weighted by molar-refractivity contribution is 0.112. The van der Waals surface area contributed by atoms with Crippen LogP contribution in [-0.4, -0.2) is 51.9 Å². The van der Waals surface area contributed by atoms with Gasteiger partial charge in [0.1, 0.15) is 22.6 Å². The molecule has 5 aromatic heterocycles. The van der Waals surface area contributed by atoms with Gasteiger partial charge in [0.05, 0.1) is 11.3 Å². The lowest BCUT2D eigenvalue weighted by atomic mass is 10.2. The minimum atomic E-state index is -0.127. The van der Waals surface area contributed by atoms with Crippen LogP contribution in [0.3, 0.4) is 0 Å². The monoisotopic (exact) mass is 536 g/mol. The summed E-state index contributed by atoms with van der Waals surface area (Å²) in [7, 11) is 3.34. The zero-order valence-electron chi connectivity index (χ0n) is 22.3. The van der Waals surface area contributed by atoms with Crippen molar-refractivity contribution in [3.63, 3.8) is 0 Å². The Morgan fingerprint density at radius 1 is 0.925 bits per heavy atom. The van der Waals surface area contributed by atoms with E-state index in [1.54, 1.807) is 38.4 Å². The maximum absolute atomic E-state index is 13.2. The van der Waals surface area contributed by atoms with Crippen molar-refractivity contribution < 1.29 is 4.79 Å².